The lowest BCUT2D eigenvalue weighted by Gasteiger charge is -2.71. The van der Waals surface area contributed by atoms with E-state index < -0.39 is 23.0 Å². The number of carbonyl (C=O) groups is 2. The quantitative estimate of drug-likeness (QED) is 0.350. The molecule has 2 N–H and O–H groups in total. The lowest BCUT2D eigenvalue weighted by Crippen LogP contribution is -2.68. The molecule has 0 spiro atoms. The number of aliphatic hydroxyl groups is 2. The monoisotopic (exact) mass is 544 g/mol. The van der Waals surface area contributed by atoms with Crippen molar-refractivity contribution >= 4 is 11.9 Å². The molecular weight excluding hydrogens is 492 g/mol. The molecule has 0 aromatic carbocycles. The van der Waals surface area contributed by atoms with E-state index in [1.54, 1.807) is 7.11 Å². The molecule has 4 saturated carbocycles. The largest absolute Gasteiger partial charge is 0.469 e. The predicted molar refractivity (Wildman–Crippen MR) is 149 cm³/mol. The summed E-state index contributed by atoms with van der Waals surface area (Å²) < 4.78 is 11.2. The fraction of sp³-hybridized carbons (Fsp3) is 0.879. The summed E-state index contributed by atoms with van der Waals surface area (Å²) in [5.74, 6) is 1.19. The molecule has 6 nitrogen and oxygen atoms in total. The molecule has 0 radical (unpaired) electrons. The normalized spacial score (nSPS) is 52.8. The lowest BCUT2D eigenvalue weighted by molar-refractivity contribution is -0.248. The summed E-state index contributed by atoms with van der Waals surface area (Å²) in [6.07, 6.45) is 8.24. The van der Waals surface area contributed by atoms with E-state index in [0.29, 0.717) is 24.2 Å². The standard InChI is InChI=1S/C33H52O6/c1-19-11-14-33(28(37)38-8)16-15-31(6)22(26(33)20(19)2)9-10-25-29(4)17-23(39-21(3)35)27(36)30(5,18-34)24(29)12-13-32(25,31)7/h9,19-20,23-27,34,36H,10-18H2,1-8H3/t19-,20+,23-,24-,25-,26+,27+,29+,30+,31-,32-,33+/m1/s1. The van der Waals surface area contributed by atoms with Crippen LogP contribution in [-0.4, -0.2) is 48.1 Å². The van der Waals surface area contributed by atoms with E-state index >= 15 is 0 Å². The number of methoxy groups -OCH3 is 1. The van der Waals surface area contributed by atoms with Crippen molar-refractivity contribution in [2.45, 2.75) is 112 Å². The molecule has 0 aromatic heterocycles. The third-order valence-corrected chi connectivity index (χ3v) is 14.0. The summed E-state index contributed by atoms with van der Waals surface area (Å²) in [6.45, 7) is 15.2. The Morgan fingerprint density at radius 3 is 2.33 bits per heavy atom. The Hall–Kier alpha value is -1.40. The minimum Gasteiger partial charge on any atom is -0.469 e. The topological polar surface area (TPSA) is 93.1 Å². The van der Waals surface area contributed by atoms with Gasteiger partial charge in [0.1, 0.15) is 6.10 Å². The summed E-state index contributed by atoms with van der Waals surface area (Å²) in [5, 5.41) is 22.0. The molecule has 6 heteroatoms. The minimum absolute atomic E-state index is 0.00947. The summed E-state index contributed by atoms with van der Waals surface area (Å²) in [7, 11) is 1.55. The van der Waals surface area contributed by atoms with E-state index in [1.807, 2.05) is 6.92 Å². The Balaban J connectivity index is 1.62. The zero-order valence-corrected chi connectivity index (χ0v) is 25.5. The van der Waals surface area contributed by atoms with Crippen LogP contribution in [0.3, 0.4) is 0 Å². The Morgan fingerprint density at radius 1 is 1.03 bits per heavy atom. The second-order valence-electron chi connectivity index (χ2n) is 15.3. The van der Waals surface area contributed by atoms with E-state index in [-0.39, 0.29) is 46.6 Å². The first-order valence-electron chi connectivity index (χ1n) is 15.4. The van der Waals surface area contributed by atoms with Crippen molar-refractivity contribution < 1.29 is 29.3 Å². The van der Waals surface area contributed by atoms with Crippen molar-refractivity contribution in [1.29, 1.82) is 0 Å². The van der Waals surface area contributed by atoms with E-state index in [4.69, 9.17) is 9.47 Å². The van der Waals surface area contributed by atoms with Crippen molar-refractivity contribution in [3.05, 3.63) is 11.6 Å². The Bertz CT molecular complexity index is 1050. The molecule has 39 heavy (non-hydrogen) atoms. The van der Waals surface area contributed by atoms with Gasteiger partial charge < -0.3 is 19.7 Å². The van der Waals surface area contributed by atoms with Crippen molar-refractivity contribution in [3.8, 4) is 0 Å². The van der Waals surface area contributed by atoms with Gasteiger partial charge >= 0.3 is 11.9 Å². The minimum atomic E-state index is -0.890. The van der Waals surface area contributed by atoms with Crippen molar-refractivity contribution in [2.75, 3.05) is 13.7 Å². The summed E-state index contributed by atoms with van der Waals surface area (Å²) >= 11 is 0. The van der Waals surface area contributed by atoms with Gasteiger partial charge in [0.2, 0.25) is 0 Å². The third-order valence-electron chi connectivity index (χ3n) is 14.0. The van der Waals surface area contributed by atoms with Gasteiger partial charge in [-0.25, -0.2) is 0 Å². The molecule has 0 heterocycles. The molecule has 5 aliphatic rings. The number of aliphatic hydroxyl groups excluding tert-OH is 2. The van der Waals surface area contributed by atoms with Crippen LogP contribution < -0.4 is 0 Å². The van der Waals surface area contributed by atoms with Crippen LogP contribution in [0.4, 0.5) is 0 Å². The molecule has 0 aromatic rings. The van der Waals surface area contributed by atoms with Crippen LogP contribution in [0, 0.1) is 56.7 Å². The fourth-order valence-corrected chi connectivity index (χ4v) is 11.5. The fourth-order valence-electron chi connectivity index (χ4n) is 11.5. The molecule has 0 saturated heterocycles. The molecule has 0 amide bonds. The van der Waals surface area contributed by atoms with Crippen LogP contribution in [0.1, 0.15) is 99.8 Å². The highest BCUT2D eigenvalue weighted by atomic mass is 16.6. The molecule has 12 atom stereocenters. The van der Waals surface area contributed by atoms with Gasteiger partial charge in [-0.15, -0.1) is 0 Å². The second-order valence-corrected chi connectivity index (χ2v) is 15.3. The van der Waals surface area contributed by atoms with Gasteiger partial charge in [-0.3, -0.25) is 9.59 Å². The Morgan fingerprint density at radius 2 is 1.72 bits per heavy atom. The Kier molecular flexibility index (Phi) is 6.94. The number of allylic oxidation sites excluding steroid dienone is 2. The van der Waals surface area contributed by atoms with Gasteiger partial charge in [0.15, 0.2) is 0 Å². The van der Waals surface area contributed by atoms with Crippen molar-refractivity contribution in [3.63, 3.8) is 0 Å². The number of carbonyl (C=O) groups excluding carboxylic acids is 2. The highest BCUT2D eigenvalue weighted by Gasteiger charge is 2.71. The van der Waals surface area contributed by atoms with Crippen LogP contribution >= 0.6 is 0 Å². The van der Waals surface area contributed by atoms with E-state index in [2.05, 4.69) is 40.7 Å². The second kappa shape index (κ2) is 9.31. The molecule has 0 bridgehead atoms. The maximum atomic E-state index is 13.5. The SMILES string of the molecule is COC(=O)[C@]12CC[C@@H](C)[C@H](C)[C@H]1C1=CC[C@@H]3[C@@]4(C)C[C@@H](OC(C)=O)[C@H](O)[C@@](C)(CO)[C@@H]4CC[C@@]3(C)[C@]1(C)CC2. The first kappa shape index (κ1) is 29.1. The zero-order chi connectivity index (χ0) is 28.8. The van der Waals surface area contributed by atoms with Gasteiger partial charge in [0.25, 0.3) is 0 Å². The molecule has 4 fully saturated rings. The molecule has 5 rings (SSSR count). The average Bonchev–Trinajstić information content (AvgIpc) is 2.88. The van der Waals surface area contributed by atoms with Gasteiger partial charge in [-0.05, 0) is 97.2 Å². The highest BCUT2D eigenvalue weighted by Crippen LogP contribution is 2.76. The van der Waals surface area contributed by atoms with E-state index in [1.165, 1.54) is 12.5 Å². The number of rotatable bonds is 3. The van der Waals surface area contributed by atoms with Gasteiger partial charge in [-0.1, -0.05) is 53.2 Å². The lowest BCUT2D eigenvalue weighted by atomic mass is 9.33. The number of hydrogen-bond acceptors (Lipinski definition) is 6. The van der Waals surface area contributed by atoms with Crippen LogP contribution in [-0.2, 0) is 19.1 Å². The summed E-state index contributed by atoms with van der Waals surface area (Å²) in [4.78, 5) is 25.5. The maximum Gasteiger partial charge on any atom is 0.312 e. The zero-order valence-electron chi connectivity index (χ0n) is 25.5. The number of hydrogen-bond donors (Lipinski definition) is 2. The van der Waals surface area contributed by atoms with Crippen LogP contribution in [0.2, 0.25) is 0 Å². The van der Waals surface area contributed by atoms with Crippen molar-refractivity contribution in [1.82, 2.24) is 0 Å². The smallest absolute Gasteiger partial charge is 0.312 e. The van der Waals surface area contributed by atoms with E-state index in [9.17, 15) is 19.8 Å². The summed E-state index contributed by atoms with van der Waals surface area (Å²) in [6, 6.07) is 0. The predicted octanol–water partition coefficient (Wildman–Crippen LogP) is 5.69. The van der Waals surface area contributed by atoms with Gasteiger partial charge in [0.05, 0.1) is 25.2 Å². The molecule has 5 aliphatic carbocycles. The molecule has 220 valence electrons. The Labute approximate surface area is 235 Å². The van der Waals surface area contributed by atoms with Crippen LogP contribution in [0.5, 0.6) is 0 Å². The van der Waals surface area contributed by atoms with E-state index in [0.717, 1.165) is 44.9 Å². The van der Waals surface area contributed by atoms with Crippen LogP contribution in [0.25, 0.3) is 0 Å². The summed E-state index contributed by atoms with van der Waals surface area (Å²) in [5.41, 5.74) is 0.0403. The van der Waals surface area contributed by atoms with Crippen LogP contribution in [0.15, 0.2) is 11.6 Å². The number of fused-ring (bicyclic) bond motifs is 7. The number of esters is 2. The maximum absolute atomic E-state index is 13.5. The third kappa shape index (κ3) is 3.65. The first-order valence-corrected chi connectivity index (χ1v) is 15.4. The van der Waals surface area contributed by atoms with Gasteiger partial charge in [-0.2, -0.15) is 0 Å². The molecule has 0 aliphatic heterocycles. The first-order chi connectivity index (χ1) is 18.2. The number of ether oxygens (including phenoxy) is 2. The van der Waals surface area contributed by atoms with Gasteiger partial charge in [0, 0.05) is 12.3 Å². The highest BCUT2D eigenvalue weighted by molar-refractivity contribution is 5.78. The average molecular weight is 545 g/mol. The molecule has 0 unspecified atom stereocenters. The van der Waals surface area contributed by atoms with Crippen molar-refractivity contribution in [2.24, 2.45) is 56.7 Å². The molecular formula is C33H52O6.